The minimum absolute atomic E-state index is 0.141. The molecule has 0 atom stereocenters. The fourth-order valence-electron chi connectivity index (χ4n) is 1.61. The molecule has 1 aromatic heterocycles. The van der Waals surface area contributed by atoms with Gasteiger partial charge in [-0.1, -0.05) is 5.10 Å². The number of hydrogen-bond acceptors (Lipinski definition) is 5. The van der Waals surface area contributed by atoms with Gasteiger partial charge in [0.15, 0.2) is 0 Å². The summed E-state index contributed by atoms with van der Waals surface area (Å²) in [4.78, 5) is 0. The first-order chi connectivity index (χ1) is 9.72. The number of benzene rings is 2. The second-order valence-electron chi connectivity index (χ2n) is 3.95. The molecule has 3 aromatic rings. The molecule has 1 heterocycles. The number of tetrazole rings is 1. The van der Waals surface area contributed by atoms with Crippen LogP contribution in [0.2, 0.25) is 0 Å². The first-order valence-corrected chi connectivity index (χ1v) is 5.73. The van der Waals surface area contributed by atoms with Gasteiger partial charge in [-0.15, -0.1) is 0 Å². The van der Waals surface area contributed by atoms with Crippen molar-refractivity contribution in [3.05, 3.63) is 54.3 Å². The predicted molar refractivity (Wildman–Crippen MR) is 67.3 cm³/mol. The molecule has 0 aliphatic heterocycles. The van der Waals surface area contributed by atoms with Gasteiger partial charge in [-0.05, 0) is 59.0 Å². The minimum atomic E-state index is -0.351. The maximum atomic E-state index is 12.8. The molecule has 1 N–H and O–H groups in total. The number of aromatic nitrogens is 4. The summed E-state index contributed by atoms with van der Waals surface area (Å²) in [5, 5.41) is 20.4. The number of phenols is 1. The van der Waals surface area contributed by atoms with Crippen LogP contribution < -0.4 is 4.74 Å². The first-order valence-electron chi connectivity index (χ1n) is 5.73. The Balaban J connectivity index is 1.90. The Morgan fingerprint density at radius 3 is 2.40 bits per heavy atom. The van der Waals surface area contributed by atoms with Crippen LogP contribution in [0.4, 0.5) is 4.39 Å². The second-order valence-corrected chi connectivity index (χ2v) is 3.95. The number of aromatic hydroxyl groups is 1. The van der Waals surface area contributed by atoms with E-state index in [0.29, 0.717) is 11.4 Å². The van der Waals surface area contributed by atoms with Gasteiger partial charge in [0.25, 0.3) is 0 Å². The van der Waals surface area contributed by atoms with Crippen LogP contribution in [-0.2, 0) is 0 Å². The third-order valence-corrected chi connectivity index (χ3v) is 2.56. The van der Waals surface area contributed by atoms with E-state index in [1.807, 2.05) is 0 Å². The lowest BCUT2D eigenvalue weighted by Crippen LogP contribution is -2.00. The number of halogens is 1. The van der Waals surface area contributed by atoms with Crippen LogP contribution >= 0.6 is 0 Å². The average Bonchev–Trinajstić information content (AvgIpc) is 2.90. The number of phenolic OH excluding ortho intramolecular Hbond substituents is 1. The Labute approximate surface area is 113 Å². The van der Waals surface area contributed by atoms with Gasteiger partial charge in [0, 0.05) is 0 Å². The van der Waals surface area contributed by atoms with Crippen molar-refractivity contribution in [3.63, 3.8) is 0 Å². The van der Waals surface area contributed by atoms with E-state index in [-0.39, 0.29) is 17.6 Å². The molecule has 0 unspecified atom stereocenters. The molecular formula is C13H9FN4O2. The highest BCUT2D eigenvalue weighted by molar-refractivity contribution is 5.37. The highest BCUT2D eigenvalue weighted by Crippen LogP contribution is 2.22. The third kappa shape index (κ3) is 2.41. The van der Waals surface area contributed by atoms with Crippen LogP contribution in [0.5, 0.6) is 17.5 Å². The van der Waals surface area contributed by atoms with E-state index in [0.717, 1.165) is 0 Å². The van der Waals surface area contributed by atoms with Gasteiger partial charge in [-0.25, -0.2) is 4.39 Å². The van der Waals surface area contributed by atoms with Gasteiger partial charge in [-0.3, -0.25) is 0 Å². The van der Waals surface area contributed by atoms with Crippen molar-refractivity contribution in [1.29, 1.82) is 0 Å². The third-order valence-electron chi connectivity index (χ3n) is 2.56. The minimum Gasteiger partial charge on any atom is -0.508 e. The van der Waals surface area contributed by atoms with Gasteiger partial charge in [0.1, 0.15) is 17.3 Å². The van der Waals surface area contributed by atoms with Crippen molar-refractivity contribution in [2.45, 2.75) is 0 Å². The molecule has 20 heavy (non-hydrogen) atoms. The summed E-state index contributed by atoms with van der Waals surface area (Å²) in [7, 11) is 0. The van der Waals surface area contributed by atoms with Gasteiger partial charge in [0.05, 0.1) is 5.69 Å². The van der Waals surface area contributed by atoms with E-state index in [2.05, 4.69) is 15.5 Å². The summed E-state index contributed by atoms with van der Waals surface area (Å²) in [6.07, 6.45) is 0. The predicted octanol–water partition coefficient (Wildman–Crippen LogP) is 2.30. The highest BCUT2D eigenvalue weighted by atomic mass is 19.1. The summed E-state index contributed by atoms with van der Waals surface area (Å²) in [6, 6.07) is 12.0. The molecule has 0 amide bonds. The maximum absolute atomic E-state index is 12.8. The monoisotopic (exact) mass is 272 g/mol. The molecule has 100 valence electrons. The Hall–Kier alpha value is -2.96. The fourth-order valence-corrected chi connectivity index (χ4v) is 1.61. The summed E-state index contributed by atoms with van der Waals surface area (Å²) < 4.78 is 19.7. The molecule has 0 aliphatic carbocycles. The number of nitrogens with zero attached hydrogens (tertiary/aromatic N) is 4. The van der Waals surface area contributed by atoms with Crippen LogP contribution in [0.3, 0.4) is 0 Å². The molecule has 0 bridgehead atoms. The molecule has 0 fully saturated rings. The second kappa shape index (κ2) is 4.96. The van der Waals surface area contributed by atoms with E-state index in [9.17, 15) is 9.50 Å². The van der Waals surface area contributed by atoms with Crippen molar-refractivity contribution in [3.8, 4) is 23.2 Å². The Kier molecular flexibility index (Phi) is 3.00. The van der Waals surface area contributed by atoms with Gasteiger partial charge in [-0.2, -0.15) is 4.68 Å². The van der Waals surface area contributed by atoms with Crippen LogP contribution in [0.1, 0.15) is 0 Å². The SMILES string of the molecule is Oc1ccc(-n2nnnc2Oc2ccc(F)cc2)cc1. The summed E-state index contributed by atoms with van der Waals surface area (Å²) in [5.41, 5.74) is 0.630. The zero-order valence-electron chi connectivity index (χ0n) is 10.1. The van der Waals surface area contributed by atoms with E-state index in [1.54, 1.807) is 12.1 Å². The lowest BCUT2D eigenvalue weighted by molar-refractivity contribution is 0.426. The van der Waals surface area contributed by atoms with E-state index < -0.39 is 0 Å². The molecule has 0 saturated carbocycles. The van der Waals surface area contributed by atoms with Crippen molar-refractivity contribution in [2.75, 3.05) is 0 Å². The van der Waals surface area contributed by atoms with E-state index >= 15 is 0 Å². The quantitative estimate of drug-likeness (QED) is 0.792. The first kappa shape index (κ1) is 12.1. The van der Waals surface area contributed by atoms with Gasteiger partial charge < -0.3 is 9.84 Å². The Bertz CT molecular complexity index is 710. The van der Waals surface area contributed by atoms with Crippen molar-refractivity contribution in [1.82, 2.24) is 20.2 Å². The maximum Gasteiger partial charge on any atom is 0.345 e. The fraction of sp³-hybridized carbons (Fsp3) is 0. The molecule has 7 heteroatoms. The number of hydrogen-bond donors (Lipinski definition) is 1. The summed E-state index contributed by atoms with van der Waals surface area (Å²) in [6.45, 7) is 0. The normalized spacial score (nSPS) is 10.4. The van der Waals surface area contributed by atoms with Crippen molar-refractivity contribution >= 4 is 0 Å². The molecular weight excluding hydrogens is 263 g/mol. The summed E-state index contributed by atoms with van der Waals surface area (Å²) in [5.74, 6) is 0.208. The average molecular weight is 272 g/mol. The topological polar surface area (TPSA) is 73.1 Å². The smallest absolute Gasteiger partial charge is 0.345 e. The number of rotatable bonds is 3. The van der Waals surface area contributed by atoms with Gasteiger partial charge >= 0.3 is 6.01 Å². The lowest BCUT2D eigenvalue weighted by Gasteiger charge is -2.06. The van der Waals surface area contributed by atoms with E-state index in [4.69, 9.17) is 4.74 Å². The Morgan fingerprint density at radius 2 is 1.70 bits per heavy atom. The molecule has 2 aromatic carbocycles. The number of ether oxygens (including phenoxy) is 1. The molecule has 0 saturated heterocycles. The molecule has 3 rings (SSSR count). The standard InChI is InChI=1S/C13H9FN4O2/c14-9-1-7-12(8-2-9)20-13-15-16-17-18(13)10-3-5-11(19)6-4-10/h1-8,19H. The van der Waals surface area contributed by atoms with Crippen LogP contribution in [0.25, 0.3) is 5.69 Å². The molecule has 0 aliphatic rings. The van der Waals surface area contributed by atoms with Crippen LogP contribution in [-0.4, -0.2) is 25.3 Å². The zero-order chi connectivity index (χ0) is 13.9. The van der Waals surface area contributed by atoms with Crippen LogP contribution in [0, 0.1) is 5.82 Å². The summed E-state index contributed by atoms with van der Waals surface area (Å²) >= 11 is 0. The van der Waals surface area contributed by atoms with Crippen LogP contribution in [0.15, 0.2) is 48.5 Å². The van der Waals surface area contributed by atoms with Crippen molar-refractivity contribution in [2.24, 2.45) is 0 Å². The zero-order valence-corrected chi connectivity index (χ0v) is 10.1. The highest BCUT2D eigenvalue weighted by Gasteiger charge is 2.10. The van der Waals surface area contributed by atoms with Crippen molar-refractivity contribution < 1.29 is 14.2 Å². The molecule has 6 nitrogen and oxygen atoms in total. The van der Waals surface area contributed by atoms with Gasteiger partial charge in [0.2, 0.25) is 0 Å². The molecule has 0 spiro atoms. The lowest BCUT2D eigenvalue weighted by atomic mass is 10.3. The van der Waals surface area contributed by atoms with E-state index in [1.165, 1.54) is 41.1 Å². The Morgan fingerprint density at radius 1 is 1.00 bits per heavy atom. The molecule has 0 radical (unpaired) electrons. The largest absolute Gasteiger partial charge is 0.508 e.